The molecule has 0 atom stereocenters. The van der Waals surface area contributed by atoms with E-state index in [1.165, 1.54) is 0 Å². The Morgan fingerprint density at radius 3 is 2.11 bits per heavy atom. The van der Waals surface area contributed by atoms with Crippen LogP contribution in [0.3, 0.4) is 0 Å². The van der Waals surface area contributed by atoms with Crippen molar-refractivity contribution in [3.05, 3.63) is 42.0 Å². The summed E-state index contributed by atoms with van der Waals surface area (Å²) >= 11 is 0. The Morgan fingerprint density at radius 2 is 1.52 bits per heavy atom. The van der Waals surface area contributed by atoms with Gasteiger partial charge in [-0.15, -0.1) is 0 Å². The fraction of sp³-hybridized carbons (Fsp3) is 0.190. The standard InChI is InChI=1S/C21H18O6/c1-23-19-7-14(8-20(24-2)21(19)25-3)15-5-12(10-22)4-13-6-17-18(9-16(13)15)27-11-26-17/h4-10H,11H2,1-3H3. The first-order valence-electron chi connectivity index (χ1n) is 8.31. The number of hydrogen-bond donors (Lipinski definition) is 0. The summed E-state index contributed by atoms with van der Waals surface area (Å²) in [5.74, 6) is 2.93. The minimum absolute atomic E-state index is 0.186. The average molecular weight is 366 g/mol. The fourth-order valence-electron chi connectivity index (χ4n) is 3.32. The van der Waals surface area contributed by atoms with Crippen LogP contribution in [-0.4, -0.2) is 34.4 Å². The van der Waals surface area contributed by atoms with Crippen LogP contribution in [0.4, 0.5) is 0 Å². The lowest BCUT2D eigenvalue weighted by atomic mass is 9.95. The van der Waals surface area contributed by atoms with Crippen LogP contribution in [0.1, 0.15) is 10.4 Å². The van der Waals surface area contributed by atoms with Gasteiger partial charge in [0.1, 0.15) is 6.29 Å². The number of aldehydes is 1. The van der Waals surface area contributed by atoms with Crippen LogP contribution in [0.2, 0.25) is 0 Å². The molecule has 0 aliphatic carbocycles. The molecule has 0 fully saturated rings. The van der Waals surface area contributed by atoms with E-state index in [1.54, 1.807) is 21.3 Å². The molecule has 0 spiro atoms. The molecule has 0 saturated carbocycles. The normalized spacial score (nSPS) is 12.1. The molecule has 1 aliphatic heterocycles. The summed E-state index contributed by atoms with van der Waals surface area (Å²) in [6.07, 6.45) is 0.825. The summed E-state index contributed by atoms with van der Waals surface area (Å²) in [6.45, 7) is 0.186. The maximum absolute atomic E-state index is 11.5. The molecule has 0 N–H and O–H groups in total. The first-order chi connectivity index (χ1) is 13.2. The van der Waals surface area contributed by atoms with Crippen molar-refractivity contribution < 1.29 is 28.5 Å². The number of carbonyl (C=O) groups excluding carboxylic acids is 1. The van der Waals surface area contributed by atoms with Gasteiger partial charge in [-0.25, -0.2) is 0 Å². The van der Waals surface area contributed by atoms with Crippen LogP contribution in [0.25, 0.3) is 21.9 Å². The van der Waals surface area contributed by atoms with Crippen LogP contribution < -0.4 is 23.7 Å². The molecule has 6 heteroatoms. The number of methoxy groups -OCH3 is 3. The van der Waals surface area contributed by atoms with E-state index in [-0.39, 0.29) is 6.79 Å². The molecule has 0 saturated heterocycles. The lowest BCUT2D eigenvalue weighted by molar-refractivity contribution is 0.112. The SMILES string of the molecule is COc1cc(-c2cc(C=O)cc3cc4c(cc23)OCO4)cc(OC)c1OC. The Balaban J connectivity index is 2.02. The maximum Gasteiger partial charge on any atom is 0.231 e. The summed E-state index contributed by atoms with van der Waals surface area (Å²) in [7, 11) is 4.70. The quantitative estimate of drug-likeness (QED) is 0.634. The van der Waals surface area contributed by atoms with Crippen LogP contribution >= 0.6 is 0 Å². The minimum Gasteiger partial charge on any atom is -0.493 e. The van der Waals surface area contributed by atoms with Gasteiger partial charge in [-0.3, -0.25) is 4.79 Å². The first kappa shape index (κ1) is 17.0. The molecule has 138 valence electrons. The van der Waals surface area contributed by atoms with Crippen molar-refractivity contribution in [3.8, 4) is 39.9 Å². The highest BCUT2D eigenvalue weighted by molar-refractivity contribution is 6.02. The summed E-state index contributed by atoms with van der Waals surface area (Å²) in [5.41, 5.74) is 2.24. The molecule has 0 bridgehead atoms. The predicted molar refractivity (Wildman–Crippen MR) is 101 cm³/mol. The summed E-state index contributed by atoms with van der Waals surface area (Å²) < 4.78 is 27.3. The molecule has 1 aliphatic rings. The molecule has 0 aromatic heterocycles. The summed E-state index contributed by atoms with van der Waals surface area (Å²) in [4.78, 5) is 11.5. The van der Waals surface area contributed by atoms with E-state index in [0.29, 0.717) is 34.3 Å². The van der Waals surface area contributed by atoms with E-state index >= 15 is 0 Å². The van der Waals surface area contributed by atoms with Gasteiger partial charge in [0.05, 0.1) is 21.3 Å². The number of rotatable bonds is 5. The Morgan fingerprint density at radius 1 is 0.852 bits per heavy atom. The highest BCUT2D eigenvalue weighted by Crippen LogP contribution is 2.44. The Bertz CT molecular complexity index is 1020. The maximum atomic E-state index is 11.5. The van der Waals surface area contributed by atoms with E-state index in [9.17, 15) is 4.79 Å². The van der Waals surface area contributed by atoms with Gasteiger partial charge in [0, 0.05) is 5.56 Å². The van der Waals surface area contributed by atoms with Gasteiger partial charge in [-0.1, -0.05) is 0 Å². The zero-order chi connectivity index (χ0) is 19.0. The fourth-order valence-corrected chi connectivity index (χ4v) is 3.32. The van der Waals surface area contributed by atoms with Crippen LogP contribution in [-0.2, 0) is 0 Å². The molecule has 1 heterocycles. The molecular weight excluding hydrogens is 348 g/mol. The topological polar surface area (TPSA) is 63.2 Å². The highest BCUT2D eigenvalue weighted by Gasteiger charge is 2.19. The second kappa shape index (κ2) is 6.72. The number of fused-ring (bicyclic) bond motifs is 2. The van der Waals surface area contributed by atoms with Crippen molar-refractivity contribution in [1.29, 1.82) is 0 Å². The van der Waals surface area contributed by atoms with Crippen molar-refractivity contribution in [2.45, 2.75) is 0 Å². The van der Waals surface area contributed by atoms with E-state index in [4.69, 9.17) is 23.7 Å². The molecule has 0 radical (unpaired) electrons. The van der Waals surface area contributed by atoms with E-state index in [0.717, 1.165) is 28.2 Å². The van der Waals surface area contributed by atoms with Crippen molar-refractivity contribution in [2.24, 2.45) is 0 Å². The van der Waals surface area contributed by atoms with Crippen LogP contribution in [0.15, 0.2) is 36.4 Å². The Hall–Kier alpha value is -3.41. The molecule has 4 rings (SSSR count). The minimum atomic E-state index is 0.186. The van der Waals surface area contributed by atoms with Crippen molar-refractivity contribution >= 4 is 17.1 Å². The molecule has 6 nitrogen and oxygen atoms in total. The Kier molecular flexibility index (Phi) is 4.24. The zero-order valence-corrected chi connectivity index (χ0v) is 15.2. The van der Waals surface area contributed by atoms with Gasteiger partial charge in [-0.2, -0.15) is 0 Å². The van der Waals surface area contributed by atoms with Crippen molar-refractivity contribution in [2.75, 3.05) is 28.1 Å². The van der Waals surface area contributed by atoms with Gasteiger partial charge < -0.3 is 23.7 Å². The van der Waals surface area contributed by atoms with Gasteiger partial charge in [-0.05, 0) is 58.3 Å². The molecule has 0 amide bonds. The molecule has 3 aromatic carbocycles. The summed E-state index contributed by atoms with van der Waals surface area (Å²) in [6, 6.07) is 11.2. The van der Waals surface area contributed by atoms with Crippen LogP contribution in [0.5, 0.6) is 28.7 Å². The predicted octanol–water partition coefficient (Wildman–Crippen LogP) is 4.07. The second-order valence-corrected chi connectivity index (χ2v) is 6.03. The third-order valence-corrected chi connectivity index (χ3v) is 4.58. The number of hydrogen-bond acceptors (Lipinski definition) is 6. The molecular formula is C21H18O6. The smallest absolute Gasteiger partial charge is 0.231 e. The molecule has 3 aromatic rings. The van der Waals surface area contributed by atoms with E-state index in [2.05, 4.69) is 0 Å². The lowest BCUT2D eigenvalue weighted by Crippen LogP contribution is -1.96. The lowest BCUT2D eigenvalue weighted by Gasteiger charge is -2.16. The number of benzene rings is 3. The highest BCUT2D eigenvalue weighted by atomic mass is 16.7. The van der Waals surface area contributed by atoms with Gasteiger partial charge in [0.2, 0.25) is 12.5 Å². The summed E-state index contributed by atoms with van der Waals surface area (Å²) in [5, 5.41) is 1.81. The van der Waals surface area contributed by atoms with Gasteiger partial charge >= 0.3 is 0 Å². The molecule has 0 unspecified atom stereocenters. The average Bonchev–Trinajstić information content (AvgIpc) is 3.17. The second-order valence-electron chi connectivity index (χ2n) is 6.03. The van der Waals surface area contributed by atoms with Crippen LogP contribution in [0, 0.1) is 0 Å². The van der Waals surface area contributed by atoms with E-state index < -0.39 is 0 Å². The number of ether oxygens (including phenoxy) is 5. The van der Waals surface area contributed by atoms with E-state index in [1.807, 2.05) is 36.4 Å². The van der Waals surface area contributed by atoms with Gasteiger partial charge in [0.25, 0.3) is 0 Å². The number of carbonyl (C=O) groups is 1. The first-order valence-corrected chi connectivity index (χ1v) is 8.31. The zero-order valence-electron chi connectivity index (χ0n) is 15.2. The van der Waals surface area contributed by atoms with Crippen molar-refractivity contribution in [3.63, 3.8) is 0 Å². The third kappa shape index (κ3) is 2.79. The largest absolute Gasteiger partial charge is 0.493 e. The molecule has 27 heavy (non-hydrogen) atoms. The monoisotopic (exact) mass is 366 g/mol. The van der Waals surface area contributed by atoms with Gasteiger partial charge in [0.15, 0.2) is 23.0 Å². The Labute approximate surface area is 156 Å². The third-order valence-electron chi connectivity index (χ3n) is 4.58. The van der Waals surface area contributed by atoms with Crippen molar-refractivity contribution in [1.82, 2.24) is 0 Å².